The third kappa shape index (κ3) is 4.68. The topological polar surface area (TPSA) is 104 Å². The van der Waals surface area contributed by atoms with Crippen LogP contribution in [0.1, 0.15) is 55.3 Å². The third-order valence-electron chi connectivity index (χ3n) is 5.46. The zero-order valence-corrected chi connectivity index (χ0v) is 16.1. The zero-order valence-electron chi connectivity index (χ0n) is 15.3. The number of rotatable bonds is 5. The molecular formula is C19H26N2O5S. The van der Waals surface area contributed by atoms with Gasteiger partial charge in [0.2, 0.25) is 10.0 Å². The molecule has 1 aromatic carbocycles. The second-order valence-electron chi connectivity index (χ2n) is 7.35. The molecule has 27 heavy (non-hydrogen) atoms. The molecule has 0 aromatic heterocycles. The molecule has 2 N–H and O–H groups in total. The van der Waals surface area contributed by atoms with Crippen molar-refractivity contribution in [2.24, 2.45) is 5.92 Å². The van der Waals surface area contributed by atoms with Crippen LogP contribution in [-0.2, 0) is 14.8 Å². The average Bonchev–Trinajstić information content (AvgIpc) is 2.69. The largest absolute Gasteiger partial charge is 0.481 e. The Bertz CT molecular complexity index is 794. The number of aliphatic carboxylic acids is 1. The molecule has 0 spiro atoms. The van der Waals surface area contributed by atoms with E-state index in [1.807, 2.05) is 0 Å². The van der Waals surface area contributed by atoms with Gasteiger partial charge in [-0.05, 0) is 56.7 Å². The molecule has 148 valence electrons. The van der Waals surface area contributed by atoms with Crippen molar-refractivity contribution in [3.05, 3.63) is 29.8 Å². The van der Waals surface area contributed by atoms with E-state index in [0.717, 1.165) is 19.3 Å². The van der Waals surface area contributed by atoms with Crippen LogP contribution in [0.2, 0.25) is 0 Å². The van der Waals surface area contributed by atoms with Crippen LogP contribution < -0.4 is 5.32 Å². The van der Waals surface area contributed by atoms with Gasteiger partial charge in [-0.1, -0.05) is 12.5 Å². The molecule has 1 aliphatic carbocycles. The lowest BCUT2D eigenvalue weighted by molar-refractivity contribution is -0.142. The van der Waals surface area contributed by atoms with E-state index in [-0.39, 0.29) is 22.8 Å². The Morgan fingerprint density at radius 1 is 1.04 bits per heavy atom. The van der Waals surface area contributed by atoms with E-state index in [0.29, 0.717) is 44.3 Å². The Balaban J connectivity index is 1.66. The predicted octanol–water partition coefficient (Wildman–Crippen LogP) is 2.23. The van der Waals surface area contributed by atoms with Crippen molar-refractivity contribution in [1.82, 2.24) is 9.62 Å². The van der Waals surface area contributed by atoms with Crippen LogP contribution in [0.4, 0.5) is 0 Å². The van der Waals surface area contributed by atoms with Crippen molar-refractivity contribution >= 4 is 21.9 Å². The summed E-state index contributed by atoms with van der Waals surface area (Å²) in [4.78, 5) is 23.7. The molecule has 1 heterocycles. The van der Waals surface area contributed by atoms with Gasteiger partial charge < -0.3 is 10.4 Å². The van der Waals surface area contributed by atoms with Crippen LogP contribution in [0.25, 0.3) is 0 Å². The summed E-state index contributed by atoms with van der Waals surface area (Å²) in [5.74, 6) is -1.43. The maximum atomic E-state index is 12.8. The first-order chi connectivity index (χ1) is 12.9. The first-order valence-electron chi connectivity index (χ1n) is 9.52. The molecule has 1 aliphatic heterocycles. The number of nitrogens with one attached hydrogen (secondary N) is 1. The van der Waals surface area contributed by atoms with Gasteiger partial charge in [0.25, 0.3) is 5.91 Å². The lowest BCUT2D eigenvalue weighted by atomic mass is 9.86. The van der Waals surface area contributed by atoms with Crippen molar-refractivity contribution in [3.63, 3.8) is 0 Å². The molecule has 1 saturated carbocycles. The number of carboxylic acids is 1. The Morgan fingerprint density at radius 2 is 1.70 bits per heavy atom. The minimum atomic E-state index is -3.58. The SMILES string of the molecule is O=C(NC1CCC(C(=O)O)CC1)c1cccc(S(=O)(=O)N2CCCCC2)c1. The number of nitrogens with zero attached hydrogens (tertiary/aromatic N) is 1. The molecule has 2 fully saturated rings. The summed E-state index contributed by atoms with van der Waals surface area (Å²) in [7, 11) is -3.58. The third-order valence-corrected chi connectivity index (χ3v) is 7.36. The molecule has 0 atom stereocenters. The number of benzene rings is 1. The smallest absolute Gasteiger partial charge is 0.306 e. The molecule has 0 radical (unpaired) electrons. The van der Waals surface area contributed by atoms with Crippen molar-refractivity contribution in [2.45, 2.75) is 55.9 Å². The molecule has 0 unspecified atom stereocenters. The number of carboxylic acid groups (broad SMARTS) is 1. The molecule has 2 aliphatic rings. The second-order valence-corrected chi connectivity index (χ2v) is 9.29. The minimum Gasteiger partial charge on any atom is -0.481 e. The van der Waals surface area contributed by atoms with E-state index in [4.69, 9.17) is 5.11 Å². The quantitative estimate of drug-likeness (QED) is 0.797. The average molecular weight is 394 g/mol. The standard InChI is InChI=1S/C19H26N2O5S/c22-18(20-16-9-7-14(8-10-16)19(23)24)15-5-4-6-17(13-15)27(25,26)21-11-2-1-3-12-21/h4-6,13-14,16H,1-3,7-12H2,(H,20,22)(H,23,24). The van der Waals surface area contributed by atoms with Crippen molar-refractivity contribution < 1.29 is 23.1 Å². The second kappa shape index (κ2) is 8.39. The summed E-state index contributed by atoms with van der Waals surface area (Å²) in [6.07, 6.45) is 5.09. The molecule has 3 rings (SSSR count). The number of hydrogen-bond donors (Lipinski definition) is 2. The van der Waals surface area contributed by atoms with E-state index in [1.54, 1.807) is 12.1 Å². The van der Waals surface area contributed by atoms with Gasteiger partial charge in [0.05, 0.1) is 10.8 Å². The highest BCUT2D eigenvalue weighted by Gasteiger charge is 2.28. The number of amides is 1. The maximum Gasteiger partial charge on any atom is 0.306 e. The highest BCUT2D eigenvalue weighted by atomic mass is 32.2. The Morgan fingerprint density at radius 3 is 2.33 bits per heavy atom. The van der Waals surface area contributed by atoms with Gasteiger partial charge in [-0.3, -0.25) is 9.59 Å². The molecule has 8 heteroatoms. The first-order valence-corrected chi connectivity index (χ1v) is 11.0. The van der Waals surface area contributed by atoms with Gasteiger partial charge in [-0.25, -0.2) is 8.42 Å². The number of hydrogen-bond acceptors (Lipinski definition) is 4. The highest BCUT2D eigenvalue weighted by Crippen LogP contribution is 2.25. The first kappa shape index (κ1) is 19.8. The van der Waals surface area contributed by atoms with Crippen LogP contribution >= 0.6 is 0 Å². The van der Waals surface area contributed by atoms with Crippen LogP contribution in [0.5, 0.6) is 0 Å². The van der Waals surface area contributed by atoms with Crippen LogP contribution in [0, 0.1) is 5.92 Å². The lowest BCUT2D eigenvalue weighted by Gasteiger charge is -2.27. The summed E-state index contributed by atoms with van der Waals surface area (Å²) in [6, 6.07) is 6.08. The van der Waals surface area contributed by atoms with Crippen LogP contribution in [0.15, 0.2) is 29.2 Å². The Hall–Kier alpha value is -1.93. The van der Waals surface area contributed by atoms with E-state index < -0.39 is 16.0 Å². The van der Waals surface area contributed by atoms with Gasteiger partial charge in [-0.2, -0.15) is 4.31 Å². The van der Waals surface area contributed by atoms with Crippen molar-refractivity contribution in [3.8, 4) is 0 Å². The summed E-state index contributed by atoms with van der Waals surface area (Å²) < 4.78 is 27.1. The fourth-order valence-electron chi connectivity index (χ4n) is 3.81. The van der Waals surface area contributed by atoms with Crippen LogP contribution in [0.3, 0.4) is 0 Å². The molecule has 0 bridgehead atoms. The molecule has 1 aromatic rings. The summed E-state index contributed by atoms with van der Waals surface area (Å²) >= 11 is 0. The van der Waals surface area contributed by atoms with Gasteiger partial charge in [0.1, 0.15) is 0 Å². The number of carbonyl (C=O) groups is 2. The molecule has 1 amide bonds. The van der Waals surface area contributed by atoms with E-state index >= 15 is 0 Å². The van der Waals surface area contributed by atoms with E-state index in [9.17, 15) is 18.0 Å². The number of carbonyl (C=O) groups excluding carboxylic acids is 1. The summed E-state index contributed by atoms with van der Waals surface area (Å²) in [5, 5.41) is 12.0. The van der Waals surface area contributed by atoms with E-state index in [2.05, 4.69) is 5.32 Å². The highest BCUT2D eigenvalue weighted by molar-refractivity contribution is 7.89. The normalized spacial score (nSPS) is 24.3. The molecule has 7 nitrogen and oxygen atoms in total. The fraction of sp³-hybridized carbons (Fsp3) is 0.579. The van der Waals surface area contributed by atoms with Gasteiger partial charge in [-0.15, -0.1) is 0 Å². The lowest BCUT2D eigenvalue weighted by Crippen LogP contribution is -2.39. The summed E-state index contributed by atoms with van der Waals surface area (Å²) in [5.41, 5.74) is 0.313. The fourth-order valence-corrected chi connectivity index (χ4v) is 5.37. The molecule has 1 saturated heterocycles. The monoisotopic (exact) mass is 394 g/mol. The van der Waals surface area contributed by atoms with Crippen molar-refractivity contribution in [1.29, 1.82) is 0 Å². The van der Waals surface area contributed by atoms with Gasteiger partial charge in [0.15, 0.2) is 0 Å². The van der Waals surface area contributed by atoms with Crippen molar-refractivity contribution in [2.75, 3.05) is 13.1 Å². The Labute approximate surface area is 159 Å². The summed E-state index contributed by atoms with van der Waals surface area (Å²) in [6.45, 7) is 1.04. The number of sulfonamides is 1. The zero-order chi connectivity index (χ0) is 19.4. The van der Waals surface area contributed by atoms with E-state index in [1.165, 1.54) is 16.4 Å². The van der Waals surface area contributed by atoms with Gasteiger partial charge in [0, 0.05) is 24.7 Å². The Kier molecular flexibility index (Phi) is 6.16. The number of piperidine rings is 1. The molecular weight excluding hydrogens is 368 g/mol. The van der Waals surface area contributed by atoms with Crippen LogP contribution in [-0.4, -0.2) is 48.8 Å². The maximum absolute atomic E-state index is 12.8. The minimum absolute atomic E-state index is 0.0737. The predicted molar refractivity (Wildman–Crippen MR) is 99.9 cm³/mol. The van der Waals surface area contributed by atoms with Gasteiger partial charge >= 0.3 is 5.97 Å².